The van der Waals surface area contributed by atoms with Crippen LogP contribution in [0.1, 0.15) is 23.1 Å². The molecular formula is C31H28Cl2N2O4. The molecule has 4 aliphatic rings. The minimum atomic E-state index is -0.707. The molecule has 8 heteroatoms. The molecule has 6 nitrogen and oxygen atoms in total. The summed E-state index contributed by atoms with van der Waals surface area (Å²) in [6, 6.07) is 17.1. The number of carbonyl (C=O) groups is 1. The second-order valence-corrected chi connectivity index (χ2v) is 11.8. The Morgan fingerprint density at radius 3 is 2.74 bits per heavy atom. The molecule has 2 aliphatic carbocycles. The molecule has 0 radical (unpaired) electrons. The molecular weight excluding hydrogens is 535 g/mol. The predicted molar refractivity (Wildman–Crippen MR) is 151 cm³/mol. The zero-order valence-electron chi connectivity index (χ0n) is 21.4. The lowest BCUT2D eigenvalue weighted by atomic mass is 9.53. The molecule has 7 rings (SSSR count). The van der Waals surface area contributed by atoms with Crippen LogP contribution >= 0.6 is 23.2 Å². The van der Waals surface area contributed by atoms with Crippen molar-refractivity contribution in [1.29, 1.82) is 0 Å². The Labute approximate surface area is 237 Å². The highest BCUT2D eigenvalue weighted by Gasteiger charge is 2.64. The van der Waals surface area contributed by atoms with Crippen LogP contribution in [0, 0.1) is 5.92 Å². The number of ether oxygens (including phenoxy) is 2. The first-order valence-corrected chi connectivity index (χ1v) is 14.0. The van der Waals surface area contributed by atoms with Gasteiger partial charge in [0.2, 0.25) is 0 Å². The van der Waals surface area contributed by atoms with Gasteiger partial charge < -0.3 is 24.8 Å². The molecule has 0 aromatic heterocycles. The minimum Gasteiger partial charge on any atom is -0.482 e. The van der Waals surface area contributed by atoms with Crippen LogP contribution in [0.25, 0.3) is 0 Å². The van der Waals surface area contributed by atoms with Gasteiger partial charge in [0, 0.05) is 28.6 Å². The van der Waals surface area contributed by atoms with Gasteiger partial charge in [-0.05, 0) is 61.8 Å². The molecule has 2 heterocycles. The van der Waals surface area contributed by atoms with E-state index in [1.807, 2.05) is 36.4 Å². The summed E-state index contributed by atoms with van der Waals surface area (Å²) >= 11 is 12.7. The molecule has 1 saturated heterocycles. The fourth-order valence-electron chi connectivity index (χ4n) is 7.17. The Morgan fingerprint density at radius 1 is 1.13 bits per heavy atom. The molecule has 2 unspecified atom stereocenters. The molecule has 1 spiro atoms. The van der Waals surface area contributed by atoms with Crippen molar-refractivity contribution in [2.24, 2.45) is 5.92 Å². The van der Waals surface area contributed by atoms with E-state index in [0.717, 1.165) is 36.2 Å². The lowest BCUT2D eigenvalue weighted by Gasteiger charge is -2.56. The van der Waals surface area contributed by atoms with E-state index in [0.29, 0.717) is 33.3 Å². The lowest BCUT2D eigenvalue weighted by molar-refractivity contribution is -0.133. The van der Waals surface area contributed by atoms with Gasteiger partial charge >= 0.3 is 5.97 Å². The number of nitrogens with zero attached hydrogens (tertiary/aromatic N) is 1. The minimum absolute atomic E-state index is 0.0377. The molecule has 5 atom stereocenters. The number of piperidine rings is 1. The first-order chi connectivity index (χ1) is 18.9. The third kappa shape index (κ3) is 3.80. The fraction of sp³-hybridized carbons (Fsp3) is 0.323. The number of likely N-dealkylation sites (N-methyl/N-ethyl adjacent to an activating group) is 1. The van der Waals surface area contributed by atoms with E-state index < -0.39 is 12.1 Å². The van der Waals surface area contributed by atoms with E-state index in [2.05, 4.69) is 29.4 Å². The van der Waals surface area contributed by atoms with Crippen LogP contribution in [-0.4, -0.2) is 47.8 Å². The van der Waals surface area contributed by atoms with Crippen molar-refractivity contribution in [3.63, 3.8) is 0 Å². The average Bonchev–Trinajstić information content (AvgIpc) is 3.27. The summed E-state index contributed by atoms with van der Waals surface area (Å²) < 4.78 is 12.5. The molecule has 2 aliphatic heterocycles. The van der Waals surface area contributed by atoms with Crippen molar-refractivity contribution in [2.45, 2.75) is 42.9 Å². The summed E-state index contributed by atoms with van der Waals surface area (Å²) in [5, 5.41) is 15.2. The number of anilines is 2. The smallest absolute Gasteiger partial charge is 0.315 e. The van der Waals surface area contributed by atoms with Gasteiger partial charge in [-0.2, -0.15) is 0 Å². The third-order valence-electron chi connectivity index (χ3n) is 8.93. The van der Waals surface area contributed by atoms with Gasteiger partial charge in [-0.1, -0.05) is 65.7 Å². The van der Waals surface area contributed by atoms with E-state index in [1.165, 1.54) is 5.56 Å². The van der Waals surface area contributed by atoms with Crippen molar-refractivity contribution < 1.29 is 19.4 Å². The highest BCUT2D eigenvalue weighted by molar-refractivity contribution is 6.39. The number of para-hydroxylation sites is 2. The van der Waals surface area contributed by atoms with E-state index >= 15 is 0 Å². The van der Waals surface area contributed by atoms with E-state index in [-0.39, 0.29) is 23.9 Å². The number of aliphatic hydroxyl groups is 1. The summed E-state index contributed by atoms with van der Waals surface area (Å²) in [4.78, 5) is 15.7. The van der Waals surface area contributed by atoms with Crippen molar-refractivity contribution in [2.75, 3.05) is 18.9 Å². The number of halogens is 2. The Bertz CT molecular complexity index is 1500. The van der Waals surface area contributed by atoms with Gasteiger partial charge in [0.25, 0.3) is 0 Å². The molecule has 2 N–H and O–H groups in total. The number of benzene rings is 3. The lowest BCUT2D eigenvalue weighted by Crippen LogP contribution is -2.64. The predicted octanol–water partition coefficient (Wildman–Crippen LogP) is 5.69. The van der Waals surface area contributed by atoms with Gasteiger partial charge in [-0.3, -0.25) is 4.79 Å². The molecule has 3 aromatic carbocycles. The van der Waals surface area contributed by atoms with Crippen molar-refractivity contribution in [1.82, 2.24) is 4.90 Å². The summed E-state index contributed by atoms with van der Waals surface area (Å²) in [5.74, 6) is 0.856. The Kier molecular flexibility index (Phi) is 5.94. The first kappa shape index (κ1) is 25.0. The number of likely N-dealkylation sites (tertiary alicyclic amines) is 1. The molecule has 2 bridgehead atoms. The third-order valence-corrected chi connectivity index (χ3v) is 9.56. The number of hydrogen-bond donors (Lipinski definition) is 2. The summed E-state index contributed by atoms with van der Waals surface area (Å²) in [6.07, 6.45) is 4.78. The highest BCUT2D eigenvalue weighted by atomic mass is 35.5. The maximum Gasteiger partial charge on any atom is 0.315 e. The van der Waals surface area contributed by atoms with Crippen molar-refractivity contribution >= 4 is 40.5 Å². The fourth-order valence-corrected chi connectivity index (χ4v) is 7.66. The van der Waals surface area contributed by atoms with Crippen LogP contribution in [0.5, 0.6) is 11.5 Å². The number of rotatable bonds is 5. The summed E-state index contributed by atoms with van der Waals surface area (Å²) in [5.41, 5.74) is 4.08. The molecule has 0 amide bonds. The van der Waals surface area contributed by atoms with Gasteiger partial charge in [0.05, 0.1) is 22.2 Å². The summed E-state index contributed by atoms with van der Waals surface area (Å²) in [6.45, 7) is 0.934. The van der Waals surface area contributed by atoms with Gasteiger partial charge in [0.15, 0.2) is 11.5 Å². The number of carbonyl (C=O) groups excluding carboxylic acids is 1. The Morgan fingerprint density at radius 2 is 1.92 bits per heavy atom. The second-order valence-electron chi connectivity index (χ2n) is 10.9. The first-order valence-electron chi connectivity index (χ1n) is 13.3. The topological polar surface area (TPSA) is 71.0 Å². The van der Waals surface area contributed by atoms with E-state index in [4.69, 9.17) is 32.7 Å². The van der Waals surface area contributed by atoms with Crippen molar-refractivity contribution in [3.05, 3.63) is 93.5 Å². The molecule has 1 fully saturated rings. The van der Waals surface area contributed by atoms with Crippen LogP contribution in [0.2, 0.25) is 10.0 Å². The maximum absolute atomic E-state index is 13.3. The van der Waals surface area contributed by atoms with E-state index in [9.17, 15) is 9.90 Å². The maximum atomic E-state index is 13.3. The number of hydrogen-bond acceptors (Lipinski definition) is 6. The van der Waals surface area contributed by atoms with Gasteiger partial charge in [0.1, 0.15) is 12.2 Å². The monoisotopic (exact) mass is 562 g/mol. The standard InChI is InChI=1S/C31H28Cl2N2O4/c1-35-14-13-31-19-10-11-24(36)30(31)39-29-25(12-9-18(27(29)31)15-23(19)35)38-26(37)16-17-5-2-3-8-22(17)34-28-20(32)6-4-7-21(28)33/h2-12,19,23-24,30,34,36H,13-16H2,1H3/t19?,23-,24?,30+,31+/m1/s1. The normalized spacial score (nSPS) is 28.0. The number of aliphatic hydroxyl groups excluding tert-OH is 1. The van der Waals surface area contributed by atoms with Crippen LogP contribution < -0.4 is 14.8 Å². The van der Waals surface area contributed by atoms with Crippen LogP contribution in [-0.2, 0) is 23.1 Å². The van der Waals surface area contributed by atoms with E-state index in [1.54, 1.807) is 18.2 Å². The molecule has 0 saturated carbocycles. The quantitative estimate of drug-likeness (QED) is 0.236. The number of nitrogens with one attached hydrogen (secondary N) is 1. The summed E-state index contributed by atoms with van der Waals surface area (Å²) in [7, 11) is 2.18. The van der Waals surface area contributed by atoms with Crippen LogP contribution in [0.3, 0.4) is 0 Å². The Hall–Kier alpha value is -3.03. The second kappa shape index (κ2) is 9.27. The molecule has 3 aromatic rings. The van der Waals surface area contributed by atoms with Gasteiger partial charge in [-0.25, -0.2) is 0 Å². The highest BCUT2D eigenvalue weighted by Crippen LogP contribution is 2.62. The zero-order chi connectivity index (χ0) is 26.9. The van der Waals surface area contributed by atoms with Crippen LogP contribution in [0.4, 0.5) is 11.4 Å². The zero-order valence-corrected chi connectivity index (χ0v) is 22.9. The Balaban J connectivity index is 1.18. The molecule has 200 valence electrons. The van der Waals surface area contributed by atoms with Gasteiger partial charge in [-0.15, -0.1) is 0 Å². The largest absolute Gasteiger partial charge is 0.482 e. The van der Waals surface area contributed by atoms with Crippen molar-refractivity contribution in [3.8, 4) is 11.5 Å². The average molecular weight is 563 g/mol. The SMILES string of the molecule is CN1CC[C@]23c4c5ccc(OC(=O)Cc6ccccc6Nc6c(Cl)cccc6Cl)c4O[C@H]2C(O)C=CC3[C@H]1C5. The number of esters is 1. The van der Waals surface area contributed by atoms with Crippen LogP contribution in [0.15, 0.2) is 66.7 Å². The molecule has 39 heavy (non-hydrogen) atoms.